The Morgan fingerprint density at radius 2 is 1.63 bits per heavy atom. The number of amides is 2. The summed E-state index contributed by atoms with van der Waals surface area (Å²) in [7, 11) is -2.91. The average Bonchev–Trinajstić information content (AvgIpc) is 2.70. The predicted molar refractivity (Wildman–Crippen MR) is 117 cm³/mol. The second-order valence-corrected chi connectivity index (χ2v) is 10.1. The fourth-order valence-electron chi connectivity index (χ4n) is 3.23. The van der Waals surface area contributed by atoms with Gasteiger partial charge in [-0.15, -0.1) is 0 Å². The number of rotatable bonds is 6. The summed E-state index contributed by atoms with van der Waals surface area (Å²) in [6.45, 7) is 5.42. The minimum Gasteiger partial charge on any atom is -0.350 e. The van der Waals surface area contributed by atoms with Crippen molar-refractivity contribution in [3.05, 3.63) is 65.2 Å². The van der Waals surface area contributed by atoms with Crippen LogP contribution >= 0.6 is 0 Å². The van der Waals surface area contributed by atoms with Crippen LogP contribution in [0.2, 0.25) is 0 Å². The molecular weight excluding hydrogens is 402 g/mol. The van der Waals surface area contributed by atoms with Gasteiger partial charge in [0.05, 0.1) is 11.5 Å². The molecule has 0 radical (unpaired) electrons. The maximum absolute atomic E-state index is 12.6. The maximum Gasteiger partial charge on any atom is 0.255 e. The molecule has 1 aliphatic heterocycles. The lowest BCUT2D eigenvalue weighted by atomic mass is 10.1. The summed E-state index contributed by atoms with van der Waals surface area (Å²) in [6, 6.07) is 14.1. The maximum atomic E-state index is 12.6. The standard InChI is InChI=1S/C22H27N3O4S/c1-16(2)23-21(26)18-6-8-20(9-7-18)24-22(27)19-5-3-4-17(14-19)15-25-10-12-30(28,29)13-11-25/h3-9,14,16H,10-13,15H2,1-2H3,(H,23,26)(H,24,27). The molecule has 160 valence electrons. The van der Waals surface area contributed by atoms with E-state index in [1.54, 1.807) is 30.3 Å². The molecule has 0 atom stereocenters. The van der Waals surface area contributed by atoms with Crippen molar-refractivity contribution >= 4 is 27.3 Å². The SMILES string of the molecule is CC(C)NC(=O)c1ccc(NC(=O)c2cccc(CN3CCS(=O)(=O)CC3)c2)cc1. The fourth-order valence-corrected chi connectivity index (χ4v) is 4.51. The van der Waals surface area contributed by atoms with Gasteiger partial charge in [-0.2, -0.15) is 0 Å². The number of carbonyl (C=O) groups is 2. The molecule has 2 N–H and O–H groups in total. The molecule has 2 amide bonds. The summed E-state index contributed by atoms with van der Waals surface area (Å²) in [5, 5.41) is 5.67. The van der Waals surface area contributed by atoms with Gasteiger partial charge in [0.2, 0.25) is 0 Å². The van der Waals surface area contributed by atoms with E-state index in [0.29, 0.717) is 36.4 Å². The molecule has 0 aromatic heterocycles. The van der Waals surface area contributed by atoms with Crippen LogP contribution < -0.4 is 10.6 Å². The van der Waals surface area contributed by atoms with Crippen LogP contribution in [0.4, 0.5) is 5.69 Å². The molecule has 2 aromatic rings. The second kappa shape index (κ2) is 9.40. The molecule has 0 saturated carbocycles. The third-order valence-electron chi connectivity index (χ3n) is 4.86. The van der Waals surface area contributed by atoms with Crippen molar-refractivity contribution in [2.45, 2.75) is 26.4 Å². The highest BCUT2D eigenvalue weighted by Crippen LogP contribution is 2.15. The molecular formula is C22H27N3O4S. The number of nitrogens with zero attached hydrogens (tertiary/aromatic N) is 1. The van der Waals surface area contributed by atoms with Gasteiger partial charge >= 0.3 is 0 Å². The quantitative estimate of drug-likeness (QED) is 0.735. The van der Waals surface area contributed by atoms with Gasteiger partial charge in [0.15, 0.2) is 9.84 Å². The van der Waals surface area contributed by atoms with Crippen molar-refractivity contribution in [1.29, 1.82) is 0 Å². The van der Waals surface area contributed by atoms with Gasteiger partial charge in [0, 0.05) is 42.5 Å². The largest absolute Gasteiger partial charge is 0.350 e. The van der Waals surface area contributed by atoms with E-state index in [0.717, 1.165) is 5.56 Å². The lowest BCUT2D eigenvalue weighted by Crippen LogP contribution is -2.39. The molecule has 0 unspecified atom stereocenters. The monoisotopic (exact) mass is 429 g/mol. The molecule has 0 bridgehead atoms. The van der Waals surface area contributed by atoms with Crippen LogP contribution in [0.1, 0.15) is 40.1 Å². The van der Waals surface area contributed by atoms with E-state index in [1.807, 2.05) is 32.0 Å². The Morgan fingerprint density at radius 1 is 0.967 bits per heavy atom. The fraction of sp³-hybridized carbons (Fsp3) is 0.364. The van der Waals surface area contributed by atoms with E-state index in [9.17, 15) is 18.0 Å². The minimum atomic E-state index is -2.91. The van der Waals surface area contributed by atoms with Crippen molar-refractivity contribution in [3.8, 4) is 0 Å². The summed E-state index contributed by atoms with van der Waals surface area (Å²) in [5.74, 6) is -0.0324. The lowest BCUT2D eigenvalue weighted by molar-refractivity contribution is 0.0942. The van der Waals surface area contributed by atoms with Crippen molar-refractivity contribution in [3.63, 3.8) is 0 Å². The van der Waals surface area contributed by atoms with Gasteiger partial charge < -0.3 is 10.6 Å². The van der Waals surface area contributed by atoms with Gasteiger partial charge in [-0.05, 0) is 55.8 Å². The zero-order valence-corrected chi connectivity index (χ0v) is 18.0. The average molecular weight is 430 g/mol. The van der Waals surface area contributed by atoms with E-state index < -0.39 is 9.84 Å². The summed E-state index contributed by atoms with van der Waals surface area (Å²) < 4.78 is 23.1. The van der Waals surface area contributed by atoms with Crippen LogP contribution in [0.3, 0.4) is 0 Å². The smallest absolute Gasteiger partial charge is 0.255 e. The van der Waals surface area contributed by atoms with Crippen LogP contribution in [0.25, 0.3) is 0 Å². The molecule has 1 saturated heterocycles. The molecule has 2 aromatic carbocycles. The third-order valence-corrected chi connectivity index (χ3v) is 6.47. The number of sulfone groups is 1. The minimum absolute atomic E-state index is 0.0542. The zero-order chi connectivity index (χ0) is 21.7. The number of benzene rings is 2. The molecule has 1 heterocycles. The lowest BCUT2D eigenvalue weighted by Gasteiger charge is -2.26. The summed E-state index contributed by atoms with van der Waals surface area (Å²) >= 11 is 0. The Balaban J connectivity index is 1.60. The van der Waals surface area contributed by atoms with Crippen molar-refractivity contribution in [2.24, 2.45) is 0 Å². The number of hydrogen-bond donors (Lipinski definition) is 2. The summed E-state index contributed by atoms with van der Waals surface area (Å²) in [4.78, 5) is 26.7. The van der Waals surface area contributed by atoms with Crippen LogP contribution in [-0.4, -0.2) is 55.8 Å². The Kier molecular flexibility index (Phi) is 6.89. The molecule has 1 fully saturated rings. The molecule has 0 aliphatic carbocycles. The first-order valence-electron chi connectivity index (χ1n) is 9.96. The molecule has 30 heavy (non-hydrogen) atoms. The number of nitrogens with one attached hydrogen (secondary N) is 2. The Labute approximate surface area is 177 Å². The van der Waals surface area contributed by atoms with Crippen LogP contribution in [0.15, 0.2) is 48.5 Å². The first-order chi connectivity index (χ1) is 14.2. The summed E-state index contributed by atoms with van der Waals surface area (Å²) in [6.07, 6.45) is 0. The van der Waals surface area contributed by atoms with Crippen molar-refractivity contribution in [2.75, 3.05) is 29.9 Å². The van der Waals surface area contributed by atoms with Crippen LogP contribution in [0, 0.1) is 0 Å². The van der Waals surface area contributed by atoms with E-state index in [-0.39, 0.29) is 29.4 Å². The first-order valence-corrected chi connectivity index (χ1v) is 11.8. The van der Waals surface area contributed by atoms with E-state index in [2.05, 4.69) is 15.5 Å². The summed E-state index contributed by atoms with van der Waals surface area (Å²) in [5.41, 5.74) is 2.63. The van der Waals surface area contributed by atoms with Gasteiger partial charge in [-0.25, -0.2) is 8.42 Å². The number of carbonyl (C=O) groups excluding carboxylic acids is 2. The molecule has 8 heteroatoms. The topological polar surface area (TPSA) is 95.6 Å². The Morgan fingerprint density at radius 3 is 2.27 bits per heavy atom. The number of anilines is 1. The zero-order valence-electron chi connectivity index (χ0n) is 17.2. The van der Waals surface area contributed by atoms with Crippen molar-refractivity contribution in [1.82, 2.24) is 10.2 Å². The molecule has 7 nitrogen and oxygen atoms in total. The molecule has 1 aliphatic rings. The van der Waals surface area contributed by atoms with Gasteiger partial charge in [0.25, 0.3) is 11.8 Å². The van der Waals surface area contributed by atoms with E-state index in [4.69, 9.17) is 0 Å². The van der Waals surface area contributed by atoms with E-state index in [1.165, 1.54) is 0 Å². The third kappa shape index (κ3) is 6.14. The molecule has 0 spiro atoms. The highest BCUT2D eigenvalue weighted by atomic mass is 32.2. The second-order valence-electron chi connectivity index (χ2n) is 7.79. The highest BCUT2D eigenvalue weighted by Gasteiger charge is 2.21. The predicted octanol–water partition coefficient (Wildman–Crippen LogP) is 2.31. The first kappa shape index (κ1) is 22.0. The van der Waals surface area contributed by atoms with Crippen LogP contribution in [-0.2, 0) is 16.4 Å². The van der Waals surface area contributed by atoms with Crippen LogP contribution in [0.5, 0.6) is 0 Å². The Hall–Kier alpha value is -2.71. The molecule has 3 rings (SSSR count). The Bertz CT molecular complexity index is 1000. The number of hydrogen-bond acceptors (Lipinski definition) is 5. The van der Waals surface area contributed by atoms with Gasteiger partial charge in [-0.1, -0.05) is 12.1 Å². The van der Waals surface area contributed by atoms with Gasteiger partial charge in [-0.3, -0.25) is 14.5 Å². The highest BCUT2D eigenvalue weighted by molar-refractivity contribution is 7.91. The normalized spacial score (nSPS) is 16.2. The van der Waals surface area contributed by atoms with Gasteiger partial charge in [0.1, 0.15) is 0 Å². The van der Waals surface area contributed by atoms with E-state index >= 15 is 0 Å². The van der Waals surface area contributed by atoms with Crippen molar-refractivity contribution < 1.29 is 18.0 Å².